The normalized spacial score (nSPS) is 14.8. The summed E-state index contributed by atoms with van der Waals surface area (Å²) in [5.41, 5.74) is 1.44. The lowest BCUT2D eigenvalue weighted by Crippen LogP contribution is -2.05. The monoisotopic (exact) mass is 415 g/mol. The number of carbonyl (C=O) groups excluding carboxylic acids is 2. The Morgan fingerprint density at radius 1 is 1.19 bits per heavy atom. The van der Waals surface area contributed by atoms with E-state index in [9.17, 15) is 9.59 Å². The summed E-state index contributed by atoms with van der Waals surface area (Å²) in [6, 6.07) is 12.5. The lowest BCUT2D eigenvalue weighted by atomic mass is 10.1. The van der Waals surface area contributed by atoms with Crippen LogP contribution in [0.15, 0.2) is 57.6 Å². The van der Waals surface area contributed by atoms with Crippen molar-refractivity contribution in [1.29, 1.82) is 0 Å². The number of halogens is 1. The van der Waals surface area contributed by atoms with Gasteiger partial charge in [-0.3, -0.25) is 4.79 Å². The van der Waals surface area contributed by atoms with Crippen molar-refractivity contribution in [2.45, 2.75) is 6.92 Å². The van der Waals surface area contributed by atoms with Gasteiger partial charge < -0.3 is 14.2 Å². The summed E-state index contributed by atoms with van der Waals surface area (Å²) in [5.74, 6) is -0.185. The van der Waals surface area contributed by atoms with Gasteiger partial charge in [0.15, 0.2) is 17.2 Å². The fourth-order valence-corrected chi connectivity index (χ4v) is 2.85. The van der Waals surface area contributed by atoms with Crippen LogP contribution in [0.25, 0.3) is 6.08 Å². The van der Waals surface area contributed by atoms with E-state index in [1.165, 1.54) is 14.0 Å². The van der Waals surface area contributed by atoms with Crippen LogP contribution in [0.5, 0.6) is 11.5 Å². The maximum Gasteiger partial charge on any atom is 0.363 e. The first-order valence-corrected chi connectivity index (χ1v) is 8.42. The van der Waals surface area contributed by atoms with Crippen molar-refractivity contribution in [3.8, 4) is 11.5 Å². The van der Waals surface area contributed by atoms with Crippen molar-refractivity contribution in [2.24, 2.45) is 4.99 Å². The topological polar surface area (TPSA) is 74.2 Å². The molecule has 132 valence electrons. The summed E-state index contributed by atoms with van der Waals surface area (Å²) in [7, 11) is 1.47. The molecule has 0 N–H and O–H groups in total. The van der Waals surface area contributed by atoms with Gasteiger partial charge in [0.05, 0.1) is 11.6 Å². The van der Waals surface area contributed by atoms with E-state index >= 15 is 0 Å². The SMILES string of the molecule is COc1ccc(C=C2N=C(c3ccccc3)OC2=O)c(Br)c1OC(C)=O. The Balaban J connectivity index is 2.00. The van der Waals surface area contributed by atoms with Crippen LogP contribution in [0.2, 0.25) is 0 Å². The summed E-state index contributed by atoms with van der Waals surface area (Å²) in [5, 5.41) is 0. The maximum absolute atomic E-state index is 12.1. The molecule has 7 heteroatoms. The number of methoxy groups -OCH3 is 1. The Kier molecular flexibility index (Phi) is 5.18. The van der Waals surface area contributed by atoms with Crippen LogP contribution in [0.1, 0.15) is 18.1 Å². The molecule has 0 unspecified atom stereocenters. The van der Waals surface area contributed by atoms with Crippen LogP contribution in [0, 0.1) is 0 Å². The minimum Gasteiger partial charge on any atom is -0.493 e. The lowest BCUT2D eigenvalue weighted by Gasteiger charge is -2.11. The Morgan fingerprint density at radius 3 is 2.58 bits per heavy atom. The zero-order chi connectivity index (χ0) is 18.7. The lowest BCUT2D eigenvalue weighted by molar-refractivity contribution is -0.132. The van der Waals surface area contributed by atoms with Crippen LogP contribution >= 0.6 is 15.9 Å². The standard InChI is InChI=1S/C19H14BrNO5/c1-11(22)25-17-15(24-2)9-8-13(16(17)20)10-14-19(23)26-18(21-14)12-6-4-3-5-7-12/h3-10H,1-2H3. The van der Waals surface area contributed by atoms with Gasteiger partial charge >= 0.3 is 11.9 Å². The van der Waals surface area contributed by atoms with Crippen molar-refractivity contribution in [3.63, 3.8) is 0 Å². The number of nitrogens with zero attached hydrogens (tertiary/aromatic N) is 1. The van der Waals surface area contributed by atoms with E-state index in [-0.39, 0.29) is 17.3 Å². The van der Waals surface area contributed by atoms with Gasteiger partial charge in [-0.25, -0.2) is 9.79 Å². The molecule has 0 saturated heterocycles. The molecule has 0 saturated carbocycles. The van der Waals surface area contributed by atoms with Crippen molar-refractivity contribution >= 4 is 39.8 Å². The molecule has 0 radical (unpaired) electrons. The molecule has 0 aliphatic carbocycles. The molecule has 0 atom stereocenters. The molecule has 0 fully saturated rings. The fourth-order valence-electron chi connectivity index (χ4n) is 2.33. The van der Waals surface area contributed by atoms with Gasteiger partial charge in [-0.1, -0.05) is 18.2 Å². The molecule has 1 aliphatic rings. The van der Waals surface area contributed by atoms with Gasteiger partial charge in [-0.15, -0.1) is 0 Å². The molecule has 0 bridgehead atoms. The van der Waals surface area contributed by atoms with Gasteiger partial charge in [-0.2, -0.15) is 0 Å². The number of carbonyl (C=O) groups is 2. The number of aliphatic imine (C=N–C) groups is 1. The predicted molar refractivity (Wildman–Crippen MR) is 99.1 cm³/mol. The zero-order valence-electron chi connectivity index (χ0n) is 14.0. The zero-order valence-corrected chi connectivity index (χ0v) is 15.6. The highest BCUT2D eigenvalue weighted by Crippen LogP contribution is 2.39. The van der Waals surface area contributed by atoms with Crippen LogP contribution in [-0.2, 0) is 14.3 Å². The van der Waals surface area contributed by atoms with Crippen LogP contribution in [-0.4, -0.2) is 24.9 Å². The third-order valence-electron chi connectivity index (χ3n) is 3.49. The smallest absolute Gasteiger partial charge is 0.363 e. The third-order valence-corrected chi connectivity index (χ3v) is 4.31. The van der Waals surface area contributed by atoms with Crippen molar-refractivity contribution < 1.29 is 23.8 Å². The molecule has 1 heterocycles. The van der Waals surface area contributed by atoms with Crippen LogP contribution < -0.4 is 9.47 Å². The Hall–Kier alpha value is -2.93. The van der Waals surface area contributed by atoms with E-state index in [0.29, 0.717) is 21.3 Å². The third kappa shape index (κ3) is 3.67. The van der Waals surface area contributed by atoms with E-state index in [0.717, 1.165) is 0 Å². The minimum atomic E-state index is -0.555. The Bertz CT molecular complexity index is 934. The molecule has 6 nitrogen and oxygen atoms in total. The van der Waals surface area contributed by atoms with Gasteiger partial charge in [0.25, 0.3) is 0 Å². The van der Waals surface area contributed by atoms with E-state index < -0.39 is 11.9 Å². The molecular weight excluding hydrogens is 402 g/mol. The molecule has 3 rings (SSSR count). The molecular formula is C19H14BrNO5. The number of ether oxygens (including phenoxy) is 3. The second kappa shape index (κ2) is 7.53. The highest BCUT2D eigenvalue weighted by molar-refractivity contribution is 9.10. The molecule has 0 spiro atoms. The number of hydrogen-bond donors (Lipinski definition) is 0. The molecule has 0 amide bonds. The maximum atomic E-state index is 12.1. The second-order valence-electron chi connectivity index (χ2n) is 5.30. The summed E-state index contributed by atoms with van der Waals surface area (Å²) in [6.45, 7) is 1.29. The second-order valence-corrected chi connectivity index (χ2v) is 6.09. The molecule has 0 aromatic heterocycles. The molecule has 26 heavy (non-hydrogen) atoms. The first kappa shape index (κ1) is 17.9. The first-order chi connectivity index (χ1) is 12.5. The summed E-state index contributed by atoms with van der Waals surface area (Å²) < 4.78 is 16.1. The van der Waals surface area contributed by atoms with E-state index in [2.05, 4.69) is 20.9 Å². The number of esters is 2. The van der Waals surface area contributed by atoms with Gasteiger partial charge in [0.2, 0.25) is 5.90 Å². The average Bonchev–Trinajstić information content (AvgIpc) is 3.00. The molecule has 2 aromatic carbocycles. The van der Waals surface area contributed by atoms with E-state index in [1.807, 2.05) is 18.2 Å². The van der Waals surface area contributed by atoms with Crippen molar-refractivity contribution in [1.82, 2.24) is 0 Å². The minimum absolute atomic E-state index is 0.142. The average molecular weight is 416 g/mol. The predicted octanol–water partition coefficient (Wildman–Crippen LogP) is 3.73. The summed E-state index contributed by atoms with van der Waals surface area (Å²) >= 11 is 3.39. The van der Waals surface area contributed by atoms with E-state index in [1.54, 1.807) is 30.3 Å². The quantitative estimate of drug-likeness (QED) is 0.432. The fraction of sp³-hybridized carbons (Fsp3) is 0.105. The number of hydrogen-bond acceptors (Lipinski definition) is 6. The first-order valence-electron chi connectivity index (χ1n) is 7.62. The van der Waals surface area contributed by atoms with Gasteiger partial charge in [-0.05, 0) is 51.8 Å². The Labute approximate surface area is 158 Å². The highest BCUT2D eigenvalue weighted by atomic mass is 79.9. The van der Waals surface area contributed by atoms with Crippen LogP contribution in [0.4, 0.5) is 0 Å². The number of rotatable bonds is 4. The molecule has 1 aliphatic heterocycles. The summed E-state index contributed by atoms with van der Waals surface area (Å²) in [6.07, 6.45) is 1.55. The van der Waals surface area contributed by atoms with Crippen LogP contribution in [0.3, 0.4) is 0 Å². The number of cyclic esters (lactones) is 1. The largest absolute Gasteiger partial charge is 0.493 e. The van der Waals surface area contributed by atoms with E-state index in [4.69, 9.17) is 14.2 Å². The summed E-state index contributed by atoms with van der Waals surface area (Å²) in [4.78, 5) is 27.7. The van der Waals surface area contributed by atoms with Gasteiger partial charge in [0, 0.05) is 12.5 Å². The Morgan fingerprint density at radius 2 is 1.92 bits per heavy atom. The highest BCUT2D eigenvalue weighted by Gasteiger charge is 2.25. The number of benzene rings is 2. The van der Waals surface area contributed by atoms with Crippen molar-refractivity contribution in [2.75, 3.05) is 7.11 Å². The molecule has 2 aromatic rings. The van der Waals surface area contributed by atoms with Crippen molar-refractivity contribution in [3.05, 3.63) is 63.8 Å². The van der Waals surface area contributed by atoms with Gasteiger partial charge in [0.1, 0.15) is 0 Å².